The first-order valence-corrected chi connectivity index (χ1v) is 8.54. The van der Waals surface area contributed by atoms with Crippen molar-refractivity contribution in [2.75, 3.05) is 23.7 Å². The number of benzene rings is 1. The second-order valence-corrected chi connectivity index (χ2v) is 6.76. The van der Waals surface area contributed by atoms with Gasteiger partial charge in [-0.05, 0) is 53.0 Å². The van der Waals surface area contributed by atoms with Gasteiger partial charge >= 0.3 is 0 Å². The normalized spacial score (nSPS) is 15.7. The summed E-state index contributed by atoms with van der Waals surface area (Å²) in [5.74, 6) is 1.43. The summed E-state index contributed by atoms with van der Waals surface area (Å²) in [6, 6.07) is 7.09. The number of piperidine rings is 1. The molecule has 2 aromatic rings. The number of ketones is 1. The van der Waals surface area contributed by atoms with E-state index in [4.69, 9.17) is 17.3 Å². The third kappa shape index (κ3) is 3.48. The van der Waals surface area contributed by atoms with Gasteiger partial charge in [0.25, 0.3) is 0 Å². The Morgan fingerprint density at radius 3 is 2.52 bits per heavy atom. The second kappa shape index (κ2) is 6.84. The van der Waals surface area contributed by atoms with Crippen LogP contribution in [0.2, 0.25) is 5.02 Å². The maximum Gasteiger partial charge on any atom is 0.166 e. The standard InChI is InChI=1S/C16H16BrClN4O/c17-13-15(19)20-9-21-16(13)22-7-5-11(6-8-22)14(23)10-1-3-12(18)4-2-10/h1-4,9,11H,5-8H2,(H2,19,20,21). The molecule has 7 heteroatoms. The van der Waals surface area contributed by atoms with E-state index >= 15 is 0 Å². The van der Waals surface area contributed by atoms with Crippen LogP contribution in [-0.2, 0) is 0 Å². The van der Waals surface area contributed by atoms with E-state index in [1.54, 1.807) is 24.3 Å². The van der Waals surface area contributed by atoms with E-state index in [-0.39, 0.29) is 11.7 Å². The Morgan fingerprint density at radius 2 is 1.87 bits per heavy atom. The van der Waals surface area contributed by atoms with Gasteiger partial charge in [0.1, 0.15) is 22.4 Å². The fourth-order valence-corrected chi connectivity index (χ4v) is 3.38. The van der Waals surface area contributed by atoms with E-state index in [0.717, 1.165) is 37.3 Å². The van der Waals surface area contributed by atoms with Crippen molar-refractivity contribution in [3.63, 3.8) is 0 Å². The Labute approximate surface area is 148 Å². The topological polar surface area (TPSA) is 72.1 Å². The molecule has 2 heterocycles. The Morgan fingerprint density at radius 1 is 1.22 bits per heavy atom. The Hall–Kier alpha value is -1.66. The number of hydrogen-bond acceptors (Lipinski definition) is 5. The van der Waals surface area contributed by atoms with Crippen LogP contribution < -0.4 is 10.6 Å². The van der Waals surface area contributed by atoms with Crippen molar-refractivity contribution in [2.45, 2.75) is 12.8 Å². The van der Waals surface area contributed by atoms with Crippen molar-refractivity contribution in [2.24, 2.45) is 5.92 Å². The number of anilines is 2. The molecule has 0 amide bonds. The lowest BCUT2D eigenvalue weighted by atomic mass is 9.89. The summed E-state index contributed by atoms with van der Waals surface area (Å²) < 4.78 is 0.711. The third-order valence-electron chi connectivity index (χ3n) is 4.09. The zero-order valence-corrected chi connectivity index (χ0v) is 14.7. The lowest BCUT2D eigenvalue weighted by Crippen LogP contribution is -2.37. The molecule has 1 saturated heterocycles. The van der Waals surface area contributed by atoms with E-state index < -0.39 is 0 Å². The Bertz CT molecular complexity index is 715. The molecule has 0 aliphatic carbocycles. The van der Waals surface area contributed by atoms with Crippen molar-refractivity contribution in [1.29, 1.82) is 0 Å². The first kappa shape index (κ1) is 16.2. The highest BCUT2D eigenvalue weighted by Gasteiger charge is 2.27. The van der Waals surface area contributed by atoms with Crippen LogP contribution in [0.5, 0.6) is 0 Å². The zero-order chi connectivity index (χ0) is 16.4. The molecule has 0 bridgehead atoms. The third-order valence-corrected chi connectivity index (χ3v) is 5.10. The van der Waals surface area contributed by atoms with Gasteiger partial charge in [0, 0.05) is 29.6 Å². The molecule has 1 aliphatic rings. The van der Waals surface area contributed by atoms with E-state index in [9.17, 15) is 4.79 Å². The van der Waals surface area contributed by atoms with Crippen molar-refractivity contribution >= 4 is 44.9 Å². The van der Waals surface area contributed by atoms with E-state index in [2.05, 4.69) is 30.8 Å². The van der Waals surface area contributed by atoms with Gasteiger partial charge in [-0.15, -0.1) is 0 Å². The molecule has 3 rings (SSSR count). The van der Waals surface area contributed by atoms with E-state index in [1.165, 1.54) is 6.33 Å². The first-order chi connectivity index (χ1) is 11.1. The number of nitrogens with two attached hydrogens (primary N) is 1. The van der Waals surface area contributed by atoms with Crippen LogP contribution in [0.1, 0.15) is 23.2 Å². The molecule has 120 valence electrons. The number of nitrogens with zero attached hydrogens (tertiary/aromatic N) is 3. The van der Waals surface area contributed by atoms with Crippen LogP contribution in [0.25, 0.3) is 0 Å². The second-order valence-electron chi connectivity index (χ2n) is 5.53. The first-order valence-electron chi connectivity index (χ1n) is 7.37. The molecule has 1 aromatic heterocycles. The molecule has 23 heavy (non-hydrogen) atoms. The number of hydrogen-bond donors (Lipinski definition) is 1. The van der Waals surface area contributed by atoms with Gasteiger partial charge < -0.3 is 10.6 Å². The van der Waals surface area contributed by atoms with Gasteiger partial charge in [0.05, 0.1) is 0 Å². The molecule has 2 N–H and O–H groups in total. The van der Waals surface area contributed by atoms with Crippen LogP contribution in [0.15, 0.2) is 35.1 Å². The predicted molar refractivity (Wildman–Crippen MR) is 94.9 cm³/mol. The summed E-state index contributed by atoms with van der Waals surface area (Å²) in [5, 5.41) is 0.641. The maximum atomic E-state index is 12.6. The minimum atomic E-state index is 0.0328. The molecular formula is C16H16BrClN4O. The SMILES string of the molecule is Nc1ncnc(N2CCC(C(=O)c3ccc(Cl)cc3)CC2)c1Br. The predicted octanol–water partition coefficient (Wildman–Crippen LogP) is 3.57. The molecule has 0 radical (unpaired) electrons. The number of carbonyl (C=O) groups excluding carboxylic acids is 1. The maximum absolute atomic E-state index is 12.6. The average Bonchev–Trinajstić information content (AvgIpc) is 2.58. The number of carbonyl (C=O) groups is 1. The van der Waals surface area contributed by atoms with Gasteiger partial charge in [-0.1, -0.05) is 11.6 Å². The van der Waals surface area contributed by atoms with Crippen molar-refractivity contribution < 1.29 is 4.79 Å². The minimum absolute atomic E-state index is 0.0328. The van der Waals surface area contributed by atoms with Crippen LogP contribution in [0.4, 0.5) is 11.6 Å². The van der Waals surface area contributed by atoms with Crippen LogP contribution >= 0.6 is 27.5 Å². The molecular weight excluding hydrogens is 380 g/mol. The van der Waals surface area contributed by atoms with E-state index in [0.29, 0.717) is 15.3 Å². The number of Topliss-reactive ketones (excluding diaryl/α,β-unsaturated/α-hetero) is 1. The number of rotatable bonds is 3. The van der Waals surface area contributed by atoms with Gasteiger partial charge in [-0.25, -0.2) is 9.97 Å². The summed E-state index contributed by atoms with van der Waals surface area (Å²) >= 11 is 9.30. The highest BCUT2D eigenvalue weighted by atomic mass is 79.9. The highest BCUT2D eigenvalue weighted by Crippen LogP contribution is 2.31. The molecule has 1 aromatic carbocycles. The van der Waals surface area contributed by atoms with Crippen molar-refractivity contribution in [3.05, 3.63) is 45.7 Å². The molecule has 5 nitrogen and oxygen atoms in total. The van der Waals surface area contributed by atoms with Gasteiger partial charge in [-0.2, -0.15) is 0 Å². The molecule has 1 aliphatic heterocycles. The lowest BCUT2D eigenvalue weighted by Gasteiger charge is -2.32. The highest BCUT2D eigenvalue weighted by molar-refractivity contribution is 9.10. The van der Waals surface area contributed by atoms with Crippen molar-refractivity contribution in [1.82, 2.24) is 9.97 Å². The fourth-order valence-electron chi connectivity index (χ4n) is 2.80. The fraction of sp³-hybridized carbons (Fsp3) is 0.312. The van der Waals surface area contributed by atoms with Gasteiger partial charge in [-0.3, -0.25) is 4.79 Å². The summed E-state index contributed by atoms with van der Waals surface area (Å²) in [5.41, 5.74) is 6.52. The molecule has 0 spiro atoms. The zero-order valence-electron chi connectivity index (χ0n) is 12.4. The smallest absolute Gasteiger partial charge is 0.166 e. The van der Waals surface area contributed by atoms with Crippen LogP contribution in [0, 0.1) is 5.92 Å². The van der Waals surface area contributed by atoms with Crippen LogP contribution in [0.3, 0.4) is 0 Å². The summed E-state index contributed by atoms with van der Waals surface area (Å²) in [4.78, 5) is 22.9. The largest absolute Gasteiger partial charge is 0.383 e. The van der Waals surface area contributed by atoms with E-state index in [1.807, 2.05) is 0 Å². The molecule has 1 fully saturated rings. The van der Waals surface area contributed by atoms with Crippen LogP contribution in [-0.4, -0.2) is 28.8 Å². The lowest BCUT2D eigenvalue weighted by molar-refractivity contribution is 0.0900. The van der Waals surface area contributed by atoms with Crippen molar-refractivity contribution in [3.8, 4) is 0 Å². The van der Waals surface area contributed by atoms with Gasteiger partial charge in [0.2, 0.25) is 0 Å². The average molecular weight is 396 g/mol. The summed E-state index contributed by atoms with van der Waals surface area (Å²) in [7, 11) is 0. The molecule has 0 saturated carbocycles. The number of halogens is 2. The summed E-state index contributed by atoms with van der Waals surface area (Å²) in [6.07, 6.45) is 3.04. The quantitative estimate of drug-likeness (QED) is 0.804. The molecule has 0 unspecified atom stereocenters. The Kier molecular flexibility index (Phi) is 4.82. The summed E-state index contributed by atoms with van der Waals surface area (Å²) in [6.45, 7) is 1.53. The van der Waals surface area contributed by atoms with Gasteiger partial charge in [0.15, 0.2) is 5.78 Å². The minimum Gasteiger partial charge on any atom is -0.383 e. The molecule has 0 atom stereocenters. The Balaban J connectivity index is 1.67. The number of nitrogen functional groups attached to an aromatic ring is 1. The number of aromatic nitrogens is 2. The monoisotopic (exact) mass is 394 g/mol.